The Kier molecular flexibility index (Phi) is 6.43. The Hall–Kier alpha value is -3.31. The maximum absolute atomic E-state index is 12.9. The summed E-state index contributed by atoms with van der Waals surface area (Å²) in [6.07, 6.45) is 0. The number of nitrogens with one attached hydrogen (secondary N) is 1. The predicted octanol–water partition coefficient (Wildman–Crippen LogP) is 2.48. The Morgan fingerprint density at radius 3 is 2.40 bits per heavy atom. The average molecular weight is 433 g/mol. The summed E-state index contributed by atoms with van der Waals surface area (Å²) in [4.78, 5) is 50.0. The van der Waals surface area contributed by atoms with Crippen molar-refractivity contribution in [2.45, 2.75) is 6.92 Å². The summed E-state index contributed by atoms with van der Waals surface area (Å²) in [5.74, 6) is -1.49. The highest BCUT2D eigenvalue weighted by Crippen LogP contribution is 2.35. The fraction of sp³-hybridized carbons (Fsp3) is 0.316. The van der Waals surface area contributed by atoms with Crippen LogP contribution in [0.25, 0.3) is 0 Å². The third kappa shape index (κ3) is 4.31. The van der Waals surface area contributed by atoms with Gasteiger partial charge in [0.2, 0.25) is 0 Å². The molecule has 30 heavy (non-hydrogen) atoms. The molecule has 11 heteroatoms. The highest BCUT2D eigenvalue weighted by Gasteiger charge is 2.29. The van der Waals surface area contributed by atoms with Crippen LogP contribution < -0.4 is 5.32 Å². The molecule has 1 aliphatic rings. The molecular formula is C19H19N3O7S. The van der Waals surface area contributed by atoms with E-state index in [1.54, 1.807) is 11.8 Å². The molecule has 1 aliphatic heterocycles. The smallest absolute Gasteiger partial charge is 0.341 e. The normalized spacial score (nSPS) is 13.6. The number of carbonyl (C=O) groups is 3. The molecule has 0 saturated carbocycles. The number of benzene rings is 1. The average Bonchev–Trinajstić information content (AvgIpc) is 3.08. The van der Waals surface area contributed by atoms with Gasteiger partial charge in [-0.1, -0.05) is 0 Å². The number of nitro groups is 1. The lowest BCUT2D eigenvalue weighted by atomic mass is 10.1. The number of thiophene rings is 1. The Labute approximate surface area is 175 Å². The molecule has 0 bridgehead atoms. The van der Waals surface area contributed by atoms with Gasteiger partial charge in [0.15, 0.2) is 0 Å². The zero-order valence-corrected chi connectivity index (χ0v) is 17.1. The molecule has 10 nitrogen and oxygen atoms in total. The summed E-state index contributed by atoms with van der Waals surface area (Å²) in [5.41, 5.74) is 0.549. The third-order valence-electron chi connectivity index (χ3n) is 4.60. The van der Waals surface area contributed by atoms with Crippen LogP contribution in [0.3, 0.4) is 0 Å². The number of nitrogens with zero attached hydrogens (tertiary/aromatic N) is 2. The van der Waals surface area contributed by atoms with E-state index in [9.17, 15) is 24.5 Å². The van der Waals surface area contributed by atoms with Gasteiger partial charge in [-0.15, -0.1) is 11.3 Å². The van der Waals surface area contributed by atoms with Gasteiger partial charge in [-0.3, -0.25) is 19.7 Å². The van der Waals surface area contributed by atoms with Crippen molar-refractivity contribution in [3.63, 3.8) is 0 Å². The van der Waals surface area contributed by atoms with Crippen molar-refractivity contribution >= 4 is 39.8 Å². The molecule has 0 aliphatic carbocycles. The second-order valence-corrected chi connectivity index (χ2v) is 7.44. The molecule has 1 fully saturated rings. The Balaban J connectivity index is 1.90. The van der Waals surface area contributed by atoms with Crippen LogP contribution in [0.2, 0.25) is 0 Å². The quantitative estimate of drug-likeness (QED) is 0.436. The number of morpholine rings is 1. The lowest BCUT2D eigenvalue weighted by molar-refractivity contribution is -0.384. The highest BCUT2D eigenvalue weighted by molar-refractivity contribution is 7.18. The summed E-state index contributed by atoms with van der Waals surface area (Å²) in [6.45, 7) is 3.37. The molecule has 0 radical (unpaired) electrons. The van der Waals surface area contributed by atoms with Gasteiger partial charge in [0.05, 0.1) is 35.7 Å². The van der Waals surface area contributed by atoms with E-state index in [1.807, 2.05) is 0 Å². The molecule has 2 amide bonds. The van der Waals surface area contributed by atoms with Crippen molar-refractivity contribution < 1.29 is 28.8 Å². The molecule has 2 aromatic rings. The molecular weight excluding hydrogens is 414 g/mol. The number of amides is 2. The monoisotopic (exact) mass is 433 g/mol. The highest BCUT2D eigenvalue weighted by atomic mass is 32.1. The summed E-state index contributed by atoms with van der Waals surface area (Å²) >= 11 is 0.990. The molecule has 1 aromatic heterocycles. The number of nitro benzene ring substituents is 1. The maximum atomic E-state index is 12.9. The molecule has 0 spiro atoms. The lowest BCUT2D eigenvalue weighted by Gasteiger charge is -2.26. The zero-order valence-electron chi connectivity index (χ0n) is 16.3. The van der Waals surface area contributed by atoms with Crippen LogP contribution in [0.15, 0.2) is 24.3 Å². The van der Waals surface area contributed by atoms with Crippen LogP contribution in [0, 0.1) is 17.0 Å². The van der Waals surface area contributed by atoms with Crippen LogP contribution in [0.5, 0.6) is 0 Å². The van der Waals surface area contributed by atoms with Crippen molar-refractivity contribution in [3.8, 4) is 0 Å². The topological polar surface area (TPSA) is 128 Å². The van der Waals surface area contributed by atoms with Crippen molar-refractivity contribution in [1.29, 1.82) is 0 Å². The second kappa shape index (κ2) is 9.01. The minimum absolute atomic E-state index is 0.106. The SMILES string of the molecule is COC(=O)c1c(NC(=O)c2ccc([N+](=O)[O-])cc2)sc(C(=O)N2CCOCC2)c1C. The minimum Gasteiger partial charge on any atom is -0.465 e. The first-order valence-electron chi connectivity index (χ1n) is 8.98. The lowest BCUT2D eigenvalue weighted by Crippen LogP contribution is -2.40. The van der Waals surface area contributed by atoms with E-state index in [0.29, 0.717) is 36.7 Å². The number of carbonyl (C=O) groups excluding carboxylic acids is 3. The number of ether oxygens (including phenoxy) is 2. The molecule has 0 atom stereocenters. The van der Waals surface area contributed by atoms with E-state index in [2.05, 4.69) is 5.32 Å². The maximum Gasteiger partial charge on any atom is 0.341 e. The van der Waals surface area contributed by atoms with Gasteiger partial charge in [0.1, 0.15) is 5.00 Å². The van der Waals surface area contributed by atoms with Gasteiger partial charge in [-0.2, -0.15) is 0 Å². The standard InChI is InChI=1S/C19H19N3O7S/c1-11-14(19(25)28-2)17(30-15(11)18(24)21-7-9-29-10-8-21)20-16(23)12-3-5-13(6-4-12)22(26)27/h3-6H,7-10H2,1-2H3,(H,20,23). The second-order valence-electron chi connectivity index (χ2n) is 6.41. The van der Waals surface area contributed by atoms with Crippen molar-refractivity contribution in [1.82, 2.24) is 4.90 Å². The molecule has 158 valence electrons. The van der Waals surface area contributed by atoms with Crippen molar-refractivity contribution in [2.24, 2.45) is 0 Å². The molecule has 1 N–H and O–H groups in total. The first-order valence-corrected chi connectivity index (χ1v) is 9.79. The number of methoxy groups -OCH3 is 1. The van der Waals surface area contributed by atoms with E-state index >= 15 is 0 Å². The fourth-order valence-corrected chi connectivity index (χ4v) is 4.13. The van der Waals surface area contributed by atoms with Gasteiger partial charge in [0.25, 0.3) is 17.5 Å². The van der Waals surface area contributed by atoms with E-state index in [1.165, 1.54) is 31.4 Å². The third-order valence-corrected chi connectivity index (χ3v) is 5.79. The van der Waals surface area contributed by atoms with Gasteiger partial charge in [-0.25, -0.2) is 4.79 Å². The first-order chi connectivity index (χ1) is 14.3. The Bertz CT molecular complexity index is 994. The summed E-state index contributed by atoms with van der Waals surface area (Å²) in [6, 6.07) is 5.05. The Morgan fingerprint density at radius 1 is 1.20 bits per heavy atom. The number of hydrogen-bond donors (Lipinski definition) is 1. The zero-order chi connectivity index (χ0) is 21.8. The van der Waals surface area contributed by atoms with E-state index in [4.69, 9.17) is 9.47 Å². The van der Waals surface area contributed by atoms with Gasteiger partial charge in [-0.05, 0) is 24.6 Å². The van der Waals surface area contributed by atoms with Crippen molar-refractivity contribution in [3.05, 3.63) is 55.9 Å². The number of non-ortho nitro benzene ring substituents is 1. The number of hydrogen-bond acceptors (Lipinski definition) is 8. The van der Waals surface area contributed by atoms with E-state index in [0.717, 1.165) is 11.3 Å². The molecule has 1 aromatic carbocycles. The summed E-state index contributed by atoms with van der Waals surface area (Å²) in [5, 5.41) is 13.6. The minimum atomic E-state index is -0.677. The summed E-state index contributed by atoms with van der Waals surface area (Å²) < 4.78 is 10.1. The largest absolute Gasteiger partial charge is 0.465 e. The fourth-order valence-electron chi connectivity index (χ4n) is 2.97. The van der Waals surface area contributed by atoms with Crippen LogP contribution in [0.1, 0.15) is 36.0 Å². The molecule has 0 unspecified atom stereocenters. The van der Waals surface area contributed by atoms with Gasteiger partial charge in [0, 0.05) is 30.8 Å². The van der Waals surface area contributed by atoms with Crippen LogP contribution in [-0.4, -0.2) is 61.0 Å². The molecule has 1 saturated heterocycles. The Morgan fingerprint density at radius 2 is 1.83 bits per heavy atom. The van der Waals surface area contributed by atoms with Crippen LogP contribution in [0.4, 0.5) is 10.7 Å². The summed E-state index contributed by atoms with van der Waals surface area (Å²) in [7, 11) is 1.21. The molecule has 2 heterocycles. The van der Waals surface area contributed by atoms with E-state index < -0.39 is 16.8 Å². The predicted molar refractivity (Wildman–Crippen MR) is 108 cm³/mol. The van der Waals surface area contributed by atoms with Gasteiger partial charge < -0.3 is 19.7 Å². The van der Waals surface area contributed by atoms with Crippen molar-refractivity contribution in [2.75, 3.05) is 38.7 Å². The number of rotatable bonds is 5. The van der Waals surface area contributed by atoms with Gasteiger partial charge >= 0.3 is 5.97 Å². The van der Waals surface area contributed by atoms with E-state index in [-0.39, 0.29) is 27.7 Å². The number of esters is 1. The molecule has 3 rings (SSSR count). The number of anilines is 1. The van der Waals surface area contributed by atoms with Crippen LogP contribution in [-0.2, 0) is 9.47 Å². The van der Waals surface area contributed by atoms with Crippen LogP contribution >= 0.6 is 11.3 Å². The first kappa shape index (κ1) is 21.4.